The smallest absolute Gasteiger partial charge is 0.332 e. The van der Waals surface area contributed by atoms with E-state index in [0.717, 1.165) is 0 Å². The molecule has 1 heterocycles. The van der Waals surface area contributed by atoms with Crippen molar-refractivity contribution < 1.29 is 22.7 Å². The third-order valence-corrected chi connectivity index (χ3v) is 5.12. The lowest BCUT2D eigenvalue weighted by Gasteiger charge is -2.27. The van der Waals surface area contributed by atoms with Crippen molar-refractivity contribution in [3.63, 3.8) is 0 Å². The van der Waals surface area contributed by atoms with E-state index < -0.39 is 21.3 Å². The van der Waals surface area contributed by atoms with Crippen LogP contribution in [0.3, 0.4) is 0 Å². The van der Waals surface area contributed by atoms with Gasteiger partial charge in [-0.15, -0.1) is 0 Å². The molecule has 0 radical (unpaired) electrons. The fourth-order valence-electron chi connectivity index (χ4n) is 2.36. The predicted molar refractivity (Wildman–Crippen MR) is 74.6 cm³/mol. The Balaban J connectivity index is 2.37. The highest BCUT2D eigenvalue weighted by Gasteiger charge is 2.49. The van der Waals surface area contributed by atoms with Gasteiger partial charge in [0, 0.05) is 0 Å². The van der Waals surface area contributed by atoms with Gasteiger partial charge >= 0.3 is 5.97 Å². The van der Waals surface area contributed by atoms with Gasteiger partial charge in [0.15, 0.2) is 15.4 Å². The fourth-order valence-corrected chi connectivity index (χ4v) is 4.25. The van der Waals surface area contributed by atoms with Crippen molar-refractivity contribution in [1.82, 2.24) is 0 Å². The number of sulfone groups is 1. The largest absolute Gasteiger partial charge is 0.495 e. The summed E-state index contributed by atoms with van der Waals surface area (Å²) in [4.78, 5) is 12.0. The van der Waals surface area contributed by atoms with Gasteiger partial charge in [-0.3, -0.25) is 0 Å². The first-order chi connectivity index (χ1) is 9.42. The highest BCUT2D eigenvalue weighted by molar-refractivity contribution is 7.91. The second kappa shape index (κ2) is 5.32. The highest BCUT2D eigenvalue weighted by Crippen LogP contribution is 2.33. The molecule has 1 aliphatic heterocycles. The number of benzene rings is 1. The molecule has 1 aromatic rings. The lowest BCUT2D eigenvalue weighted by Crippen LogP contribution is -2.48. The molecule has 1 atom stereocenters. The number of para-hydroxylation sites is 2. The van der Waals surface area contributed by atoms with Crippen LogP contribution in [0, 0.1) is 0 Å². The fraction of sp³-hybridized carbons (Fsp3) is 0.462. The van der Waals surface area contributed by atoms with Crippen LogP contribution in [0.15, 0.2) is 24.3 Å². The highest BCUT2D eigenvalue weighted by atomic mass is 32.2. The molecule has 0 aliphatic carbocycles. The number of hydrogen-bond acceptors (Lipinski definition) is 6. The van der Waals surface area contributed by atoms with E-state index in [1.54, 1.807) is 24.3 Å². The van der Waals surface area contributed by atoms with Crippen molar-refractivity contribution in [2.75, 3.05) is 31.0 Å². The van der Waals surface area contributed by atoms with Crippen LogP contribution in [-0.2, 0) is 19.4 Å². The lowest BCUT2D eigenvalue weighted by molar-refractivity contribution is -0.145. The Morgan fingerprint density at radius 2 is 2.00 bits per heavy atom. The molecule has 0 bridgehead atoms. The first-order valence-corrected chi connectivity index (χ1v) is 7.95. The Hall–Kier alpha value is -1.76. The second-order valence-corrected chi connectivity index (χ2v) is 6.93. The minimum absolute atomic E-state index is 0.0375. The topological polar surface area (TPSA) is 81.7 Å². The third kappa shape index (κ3) is 2.72. The maximum Gasteiger partial charge on any atom is 0.332 e. The Labute approximate surface area is 118 Å². The summed E-state index contributed by atoms with van der Waals surface area (Å²) in [5.41, 5.74) is -0.681. The molecule has 1 saturated heterocycles. The minimum Gasteiger partial charge on any atom is -0.495 e. The van der Waals surface area contributed by atoms with Gasteiger partial charge in [-0.1, -0.05) is 12.1 Å². The number of ether oxygens (including phenoxy) is 2. The zero-order valence-corrected chi connectivity index (χ0v) is 12.2. The molecule has 0 amide bonds. The third-order valence-electron chi connectivity index (χ3n) is 3.36. The SMILES string of the molecule is COC(=O)C1(Nc2ccccc2OC)CCS(=O)(=O)C1. The van der Waals surface area contributed by atoms with Crippen LogP contribution < -0.4 is 10.1 Å². The van der Waals surface area contributed by atoms with Crippen LogP contribution in [0.5, 0.6) is 5.75 Å². The molecule has 0 aromatic heterocycles. The summed E-state index contributed by atoms with van der Waals surface area (Å²) in [5.74, 6) is -0.348. The van der Waals surface area contributed by atoms with Crippen LogP contribution in [0.2, 0.25) is 0 Å². The molecule has 1 aromatic carbocycles. The van der Waals surface area contributed by atoms with Gasteiger partial charge in [-0.05, 0) is 18.6 Å². The Kier molecular flexibility index (Phi) is 3.89. The summed E-state index contributed by atoms with van der Waals surface area (Å²) in [6.07, 6.45) is 0.181. The van der Waals surface area contributed by atoms with E-state index >= 15 is 0 Å². The van der Waals surface area contributed by atoms with Crippen LogP contribution in [0.1, 0.15) is 6.42 Å². The van der Waals surface area contributed by atoms with Crippen LogP contribution in [0.25, 0.3) is 0 Å². The minimum atomic E-state index is -3.25. The molecule has 2 rings (SSSR count). The number of anilines is 1. The predicted octanol–water partition coefficient (Wildman–Crippen LogP) is 0.837. The van der Waals surface area contributed by atoms with Crippen molar-refractivity contribution in [2.24, 2.45) is 0 Å². The summed E-state index contributed by atoms with van der Waals surface area (Å²) in [6, 6.07) is 7.03. The summed E-state index contributed by atoms with van der Waals surface area (Å²) in [6.45, 7) is 0. The molecule has 7 heteroatoms. The van der Waals surface area contributed by atoms with E-state index in [1.807, 2.05) is 0 Å². The maximum atomic E-state index is 12.0. The summed E-state index contributed by atoms with van der Waals surface area (Å²) < 4.78 is 33.4. The molecular weight excluding hydrogens is 282 g/mol. The normalized spacial score (nSPS) is 24.1. The van der Waals surface area contributed by atoms with E-state index in [9.17, 15) is 13.2 Å². The zero-order valence-electron chi connectivity index (χ0n) is 11.4. The standard InChI is InChI=1S/C13H17NO5S/c1-18-11-6-4-3-5-10(11)14-13(12(15)19-2)7-8-20(16,17)9-13/h3-6,14H,7-9H2,1-2H3. The van der Waals surface area contributed by atoms with Crippen LogP contribution >= 0.6 is 0 Å². The summed E-state index contributed by atoms with van der Waals surface area (Å²) >= 11 is 0. The lowest BCUT2D eigenvalue weighted by atomic mass is 9.98. The molecular formula is C13H17NO5S. The number of methoxy groups -OCH3 is 2. The van der Waals surface area contributed by atoms with E-state index in [4.69, 9.17) is 9.47 Å². The molecule has 110 valence electrons. The Morgan fingerprint density at radius 3 is 2.55 bits per heavy atom. The van der Waals surface area contributed by atoms with Gasteiger partial charge in [0.05, 0.1) is 31.4 Å². The van der Waals surface area contributed by atoms with Crippen molar-refractivity contribution in [1.29, 1.82) is 0 Å². The molecule has 1 aliphatic rings. The van der Waals surface area contributed by atoms with Gasteiger partial charge in [0.2, 0.25) is 0 Å². The summed E-state index contributed by atoms with van der Waals surface area (Å²) in [7, 11) is -0.493. The van der Waals surface area contributed by atoms with Crippen molar-refractivity contribution in [2.45, 2.75) is 12.0 Å². The first kappa shape index (κ1) is 14.6. The molecule has 0 saturated carbocycles. The Morgan fingerprint density at radius 1 is 1.30 bits per heavy atom. The average Bonchev–Trinajstić information content (AvgIpc) is 2.75. The van der Waals surface area contributed by atoms with E-state index in [0.29, 0.717) is 11.4 Å². The molecule has 20 heavy (non-hydrogen) atoms. The van der Waals surface area contributed by atoms with Crippen molar-refractivity contribution in [3.8, 4) is 5.75 Å². The molecule has 1 fully saturated rings. The summed E-state index contributed by atoms with van der Waals surface area (Å²) in [5, 5.41) is 3.00. The van der Waals surface area contributed by atoms with Gasteiger partial charge in [0.25, 0.3) is 0 Å². The molecule has 1 unspecified atom stereocenters. The number of nitrogens with one attached hydrogen (secondary N) is 1. The van der Waals surface area contributed by atoms with Gasteiger partial charge in [-0.2, -0.15) is 0 Å². The number of esters is 1. The monoisotopic (exact) mass is 299 g/mol. The number of rotatable bonds is 4. The second-order valence-electron chi connectivity index (χ2n) is 4.74. The van der Waals surface area contributed by atoms with Gasteiger partial charge < -0.3 is 14.8 Å². The maximum absolute atomic E-state index is 12.0. The van der Waals surface area contributed by atoms with Gasteiger partial charge in [0.1, 0.15) is 5.75 Å². The van der Waals surface area contributed by atoms with E-state index in [2.05, 4.69) is 5.32 Å². The van der Waals surface area contributed by atoms with Crippen LogP contribution in [0.4, 0.5) is 5.69 Å². The number of carbonyl (C=O) groups excluding carboxylic acids is 1. The average molecular weight is 299 g/mol. The molecule has 0 spiro atoms. The molecule has 1 N–H and O–H groups in total. The number of carbonyl (C=O) groups is 1. The van der Waals surface area contributed by atoms with Crippen molar-refractivity contribution >= 4 is 21.5 Å². The van der Waals surface area contributed by atoms with E-state index in [-0.39, 0.29) is 17.9 Å². The number of hydrogen-bond donors (Lipinski definition) is 1. The quantitative estimate of drug-likeness (QED) is 0.830. The van der Waals surface area contributed by atoms with Crippen LogP contribution in [-0.4, -0.2) is 45.7 Å². The molecule has 6 nitrogen and oxygen atoms in total. The van der Waals surface area contributed by atoms with Gasteiger partial charge in [-0.25, -0.2) is 13.2 Å². The Bertz CT molecular complexity index is 613. The van der Waals surface area contributed by atoms with E-state index in [1.165, 1.54) is 14.2 Å². The zero-order chi connectivity index (χ0) is 14.8. The first-order valence-electron chi connectivity index (χ1n) is 6.12. The van der Waals surface area contributed by atoms with Crippen molar-refractivity contribution in [3.05, 3.63) is 24.3 Å².